The van der Waals surface area contributed by atoms with Gasteiger partial charge in [0.05, 0.1) is 5.56 Å². The molecule has 1 aromatic rings. The van der Waals surface area contributed by atoms with E-state index in [9.17, 15) is 9.18 Å². The lowest BCUT2D eigenvalue weighted by molar-refractivity contribution is 0.101. The third kappa shape index (κ3) is 3.36. The van der Waals surface area contributed by atoms with Gasteiger partial charge >= 0.3 is 0 Å². The maximum absolute atomic E-state index is 12.9. The quantitative estimate of drug-likeness (QED) is 0.740. The molecule has 0 aromatic heterocycles. The fourth-order valence-electron chi connectivity index (χ4n) is 1.06. The summed E-state index contributed by atoms with van der Waals surface area (Å²) >= 11 is 5.50. The summed E-state index contributed by atoms with van der Waals surface area (Å²) in [5.74, 6) is -0.468. The second kappa shape index (κ2) is 4.94. The van der Waals surface area contributed by atoms with Gasteiger partial charge in [0.15, 0.2) is 5.78 Å². The van der Waals surface area contributed by atoms with Crippen molar-refractivity contribution in [3.8, 4) is 5.75 Å². The molecule has 0 amide bonds. The smallest absolute Gasteiger partial charge is 0.163 e. The zero-order chi connectivity index (χ0) is 11.4. The normalized spacial score (nSPS) is 9.80. The Morgan fingerprint density at radius 2 is 2.27 bits per heavy atom. The zero-order valence-electron chi connectivity index (χ0n) is 8.22. The van der Waals surface area contributed by atoms with Crippen LogP contribution in [0.1, 0.15) is 17.3 Å². The fourth-order valence-corrected chi connectivity index (χ4v) is 1.12. The highest BCUT2D eigenvalue weighted by Gasteiger charge is 2.09. The molecule has 15 heavy (non-hydrogen) atoms. The average molecular weight is 229 g/mol. The van der Waals surface area contributed by atoms with E-state index in [0.29, 0.717) is 5.56 Å². The molecular formula is C11H10ClFO2. The van der Waals surface area contributed by atoms with E-state index in [0.717, 1.165) is 6.07 Å². The van der Waals surface area contributed by atoms with Crippen molar-refractivity contribution in [1.82, 2.24) is 0 Å². The first-order valence-electron chi connectivity index (χ1n) is 4.27. The molecule has 0 N–H and O–H groups in total. The van der Waals surface area contributed by atoms with Gasteiger partial charge in [-0.05, 0) is 19.1 Å². The molecule has 0 bridgehead atoms. The van der Waals surface area contributed by atoms with Crippen LogP contribution in [0, 0.1) is 5.82 Å². The molecule has 4 heteroatoms. The van der Waals surface area contributed by atoms with Crippen LogP contribution in [0.15, 0.2) is 29.8 Å². The van der Waals surface area contributed by atoms with Crippen LogP contribution in [0.25, 0.3) is 0 Å². The Morgan fingerprint density at radius 1 is 1.60 bits per heavy atom. The predicted octanol–water partition coefficient (Wildman–Crippen LogP) is 3.16. The molecule has 0 unspecified atom stereocenters. The van der Waals surface area contributed by atoms with Gasteiger partial charge in [-0.2, -0.15) is 0 Å². The number of carbonyl (C=O) groups is 1. The molecule has 0 fully saturated rings. The number of benzene rings is 1. The summed E-state index contributed by atoms with van der Waals surface area (Å²) < 4.78 is 18.0. The zero-order valence-corrected chi connectivity index (χ0v) is 8.97. The van der Waals surface area contributed by atoms with Crippen LogP contribution in [0.5, 0.6) is 5.75 Å². The Hall–Kier alpha value is -1.35. The maximum Gasteiger partial charge on any atom is 0.163 e. The molecule has 0 saturated heterocycles. The van der Waals surface area contributed by atoms with Gasteiger partial charge in [0.2, 0.25) is 0 Å². The Kier molecular flexibility index (Phi) is 3.86. The van der Waals surface area contributed by atoms with Crippen molar-refractivity contribution >= 4 is 17.4 Å². The van der Waals surface area contributed by atoms with E-state index in [4.69, 9.17) is 16.3 Å². The van der Waals surface area contributed by atoms with E-state index in [1.165, 1.54) is 19.1 Å². The number of ether oxygens (including phenoxy) is 1. The Morgan fingerprint density at radius 3 is 2.80 bits per heavy atom. The molecule has 0 radical (unpaired) electrons. The molecule has 0 aliphatic carbocycles. The summed E-state index contributed by atoms with van der Waals surface area (Å²) in [5.41, 5.74) is 0.328. The molecule has 0 aliphatic heterocycles. The van der Waals surface area contributed by atoms with E-state index in [1.807, 2.05) is 0 Å². The number of carbonyl (C=O) groups excluding carboxylic acids is 1. The minimum absolute atomic E-state index is 0.0469. The Balaban J connectivity index is 2.96. The standard InChI is InChI=1S/C11H10ClFO2/c1-7(12)6-15-11-5-9(13)3-4-10(11)8(2)14/h3-5H,1,6H2,2H3. The summed E-state index contributed by atoms with van der Waals surface area (Å²) in [6, 6.07) is 3.74. The summed E-state index contributed by atoms with van der Waals surface area (Å²) in [7, 11) is 0. The van der Waals surface area contributed by atoms with E-state index < -0.39 is 5.82 Å². The number of ketones is 1. The third-order valence-electron chi connectivity index (χ3n) is 1.71. The molecule has 1 rings (SSSR count). The predicted molar refractivity (Wildman–Crippen MR) is 56.9 cm³/mol. The largest absolute Gasteiger partial charge is 0.487 e. The van der Waals surface area contributed by atoms with E-state index in [-0.39, 0.29) is 23.2 Å². The van der Waals surface area contributed by atoms with Crippen molar-refractivity contribution < 1.29 is 13.9 Å². The molecule has 0 spiro atoms. The molecular weight excluding hydrogens is 219 g/mol. The van der Waals surface area contributed by atoms with Gasteiger partial charge in [-0.3, -0.25) is 4.79 Å². The van der Waals surface area contributed by atoms with Gasteiger partial charge in [0.25, 0.3) is 0 Å². The first kappa shape index (κ1) is 11.7. The summed E-state index contributed by atoms with van der Waals surface area (Å²) in [6.07, 6.45) is 0. The first-order chi connectivity index (χ1) is 7.00. The second-order valence-corrected chi connectivity index (χ2v) is 3.54. The van der Waals surface area contributed by atoms with Gasteiger partial charge in [-0.1, -0.05) is 18.2 Å². The Bertz CT molecular complexity index is 402. The van der Waals surface area contributed by atoms with E-state index >= 15 is 0 Å². The van der Waals surface area contributed by atoms with Crippen LogP contribution in [-0.4, -0.2) is 12.4 Å². The highest BCUT2D eigenvalue weighted by molar-refractivity contribution is 6.29. The lowest BCUT2D eigenvalue weighted by atomic mass is 10.1. The minimum Gasteiger partial charge on any atom is -0.487 e. The number of Topliss-reactive ketones (excluding diaryl/α,β-unsaturated/α-hetero) is 1. The van der Waals surface area contributed by atoms with E-state index in [1.54, 1.807) is 0 Å². The molecule has 0 heterocycles. The molecule has 0 atom stereocenters. The van der Waals surface area contributed by atoms with Gasteiger partial charge in [-0.25, -0.2) is 4.39 Å². The van der Waals surface area contributed by atoms with Crippen molar-refractivity contribution in [2.75, 3.05) is 6.61 Å². The van der Waals surface area contributed by atoms with Gasteiger partial charge < -0.3 is 4.74 Å². The monoisotopic (exact) mass is 228 g/mol. The number of hydrogen-bond acceptors (Lipinski definition) is 2. The average Bonchev–Trinajstić information content (AvgIpc) is 2.14. The molecule has 2 nitrogen and oxygen atoms in total. The van der Waals surface area contributed by atoms with Gasteiger partial charge in [0.1, 0.15) is 18.2 Å². The van der Waals surface area contributed by atoms with Gasteiger partial charge in [-0.15, -0.1) is 0 Å². The van der Waals surface area contributed by atoms with Crippen LogP contribution in [0.2, 0.25) is 0 Å². The van der Waals surface area contributed by atoms with Crippen LogP contribution < -0.4 is 4.74 Å². The maximum atomic E-state index is 12.9. The highest BCUT2D eigenvalue weighted by Crippen LogP contribution is 2.21. The Labute approximate surface area is 92.3 Å². The molecule has 1 aromatic carbocycles. The number of halogens is 2. The van der Waals surface area contributed by atoms with Crippen molar-refractivity contribution in [2.45, 2.75) is 6.92 Å². The molecule has 0 saturated carbocycles. The van der Waals surface area contributed by atoms with Crippen molar-refractivity contribution in [3.05, 3.63) is 41.2 Å². The number of hydrogen-bond donors (Lipinski definition) is 0. The minimum atomic E-state index is -0.463. The highest BCUT2D eigenvalue weighted by atomic mass is 35.5. The van der Waals surface area contributed by atoms with Crippen LogP contribution in [0.4, 0.5) is 4.39 Å². The number of rotatable bonds is 4. The second-order valence-electron chi connectivity index (χ2n) is 3.00. The summed E-state index contributed by atoms with van der Waals surface area (Å²) in [6.45, 7) is 4.86. The lowest BCUT2D eigenvalue weighted by Gasteiger charge is -2.08. The lowest BCUT2D eigenvalue weighted by Crippen LogP contribution is -2.03. The summed E-state index contributed by atoms with van der Waals surface area (Å²) in [4.78, 5) is 11.2. The fraction of sp³-hybridized carbons (Fsp3) is 0.182. The molecule has 0 aliphatic rings. The van der Waals surface area contributed by atoms with Crippen molar-refractivity contribution in [1.29, 1.82) is 0 Å². The van der Waals surface area contributed by atoms with Crippen molar-refractivity contribution in [2.24, 2.45) is 0 Å². The topological polar surface area (TPSA) is 26.3 Å². The SMILES string of the molecule is C=C(Cl)COc1cc(F)ccc1C(C)=O. The van der Waals surface area contributed by atoms with Gasteiger partial charge in [0, 0.05) is 11.1 Å². The van der Waals surface area contributed by atoms with Crippen LogP contribution in [0.3, 0.4) is 0 Å². The van der Waals surface area contributed by atoms with Crippen LogP contribution >= 0.6 is 11.6 Å². The summed E-state index contributed by atoms with van der Waals surface area (Å²) in [5, 5.41) is 0.286. The molecule has 80 valence electrons. The van der Waals surface area contributed by atoms with Crippen molar-refractivity contribution in [3.63, 3.8) is 0 Å². The third-order valence-corrected chi connectivity index (χ3v) is 1.82. The van der Waals surface area contributed by atoms with E-state index in [2.05, 4.69) is 6.58 Å². The van der Waals surface area contributed by atoms with Crippen LogP contribution in [-0.2, 0) is 0 Å². The first-order valence-corrected chi connectivity index (χ1v) is 4.65.